The van der Waals surface area contributed by atoms with Crippen LogP contribution < -0.4 is 0 Å². The third-order valence-corrected chi connectivity index (χ3v) is 6.22. The third kappa shape index (κ3) is 2.76. The minimum absolute atomic E-state index is 0.0846. The van der Waals surface area contributed by atoms with E-state index >= 15 is 0 Å². The fourth-order valence-corrected chi connectivity index (χ4v) is 4.71. The minimum Gasteiger partial charge on any atom is -0.481 e. The lowest BCUT2D eigenvalue weighted by Gasteiger charge is -2.34. The lowest BCUT2D eigenvalue weighted by atomic mass is 9.74. The maximum Gasteiger partial charge on any atom is 0.311 e. The van der Waals surface area contributed by atoms with Gasteiger partial charge in [0, 0.05) is 39.3 Å². The Balaban J connectivity index is 1.78. The molecular formula is C17H27NO5. The number of likely N-dealkylation sites (tertiary alicyclic amines) is 1. The molecule has 2 atom stereocenters. The van der Waals surface area contributed by atoms with Gasteiger partial charge in [-0.05, 0) is 25.7 Å². The van der Waals surface area contributed by atoms with Gasteiger partial charge in [0.1, 0.15) is 0 Å². The van der Waals surface area contributed by atoms with Crippen molar-refractivity contribution in [3.63, 3.8) is 0 Å². The summed E-state index contributed by atoms with van der Waals surface area (Å²) >= 11 is 0. The molecule has 23 heavy (non-hydrogen) atoms. The molecule has 0 spiro atoms. The Morgan fingerprint density at radius 3 is 2.65 bits per heavy atom. The summed E-state index contributed by atoms with van der Waals surface area (Å²) in [7, 11) is 1.66. The molecular weight excluding hydrogens is 298 g/mol. The summed E-state index contributed by atoms with van der Waals surface area (Å²) in [4.78, 5) is 26.9. The fourth-order valence-electron chi connectivity index (χ4n) is 4.71. The van der Waals surface area contributed by atoms with Gasteiger partial charge in [0.2, 0.25) is 5.91 Å². The van der Waals surface area contributed by atoms with Crippen LogP contribution in [0.5, 0.6) is 0 Å². The summed E-state index contributed by atoms with van der Waals surface area (Å²) in [5, 5.41) is 9.76. The van der Waals surface area contributed by atoms with Crippen molar-refractivity contribution in [2.45, 2.75) is 38.5 Å². The predicted octanol–water partition coefficient (Wildman–Crippen LogP) is 1.53. The van der Waals surface area contributed by atoms with E-state index in [9.17, 15) is 14.7 Å². The number of carboxylic acids is 1. The number of carboxylic acid groups (broad SMARTS) is 1. The van der Waals surface area contributed by atoms with Gasteiger partial charge in [-0.3, -0.25) is 9.59 Å². The molecule has 3 rings (SSSR count). The first kappa shape index (κ1) is 16.7. The molecule has 2 heterocycles. The van der Waals surface area contributed by atoms with E-state index < -0.39 is 11.4 Å². The highest BCUT2D eigenvalue weighted by atomic mass is 16.5. The fraction of sp³-hybridized carbons (Fsp3) is 0.882. The van der Waals surface area contributed by atoms with E-state index in [1.165, 1.54) is 0 Å². The van der Waals surface area contributed by atoms with Gasteiger partial charge in [-0.25, -0.2) is 0 Å². The molecule has 0 aromatic rings. The first-order valence-electron chi connectivity index (χ1n) is 8.64. The average Bonchev–Trinajstić information content (AvgIpc) is 3.18. The van der Waals surface area contributed by atoms with Crippen LogP contribution in [0, 0.1) is 16.7 Å². The molecule has 1 saturated carbocycles. The number of hydrogen-bond donors (Lipinski definition) is 1. The van der Waals surface area contributed by atoms with Crippen LogP contribution in [-0.4, -0.2) is 61.9 Å². The van der Waals surface area contributed by atoms with Crippen LogP contribution >= 0.6 is 0 Å². The lowest BCUT2D eigenvalue weighted by Crippen LogP contribution is -2.46. The van der Waals surface area contributed by atoms with E-state index in [1.807, 2.05) is 4.90 Å². The van der Waals surface area contributed by atoms with E-state index in [2.05, 4.69) is 0 Å². The number of nitrogens with zero attached hydrogens (tertiary/aromatic N) is 1. The zero-order chi connectivity index (χ0) is 16.5. The molecule has 1 N–H and O–H groups in total. The van der Waals surface area contributed by atoms with E-state index in [4.69, 9.17) is 9.47 Å². The Labute approximate surface area is 137 Å². The topological polar surface area (TPSA) is 76.1 Å². The molecule has 0 aromatic carbocycles. The van der Waals surface area contributed by atoms with Gasteiger partial charge in [0.25, 0.3) is 0 Å². The van der Waals surface area contributed by atoms with Crippen LogP contribution in [0.1, 0.15) is 38.5 Å². The van der Waals surface area contributed by atoms with Gasteiger partial charge in [0.05, 0.1) is 17.4 Å². The highest BCUT2D eigenvalue weighted by molar-refractivity contribution is 5.85. The number of rotatable bonds is 5. The van der Waals surface area contributed by atoms with Crippen molar-refractivity contribution in [1.82, 2.24) is 4.90 Å². The molecule has 0 radical (unpaired) electrons. The van der Waals surface area contributed by atoms with Gasteiger partial charge < -0.3 is 19.5 Å². The molecule has 1 amide bonds. The Bertz CT molecular complexity index is 474. The van der Waals surface area contributed by atoms with Crippen molar-refractivity contribution in [3.8, 4) is 0 Å². The summed E-state index contributed by atoms with van der Waals surface area (Å²) < 4.78 is 10.7. The molecule has 3 fully saturated rings. The number of amides is 1. The van der Waals surface area contributed by atoms with Crippen LogP contribution in [-0.2, 0) is 19.1 Å². The normalized spacial score (nSPS) is 32.7. The smallest absolute Gasteiger partial charge is 0.311 e. The van der Waals surface area contributed by atoms with Gasteiger partial charge in [-0.2, -0.15) is 0 Å². The summed E-state index contributed by atoms with van der Waals surface area (Å²) in [5.41, 5.74) is -1.15. The number of hydrogen-bond acceptors (Lipinski definition) is 4. The second kappa shape index (κ2) is 6.40. The molecule has 3 aliphatic rings. The Morgan fingerprint density at radius 2 is 2.04 bits per heavy atom. The lowest BCUT2D eigenvalue weighted by molar-refractivity contribution is -0.157. The van der Waals surface area contributed by atoms with Crippen molar-refractivity contribution in [2.75, 3.05) is 40.0 Å². The van der Waals surface area contributed by atoms with Crippen LogP contribution in [0.3, 0.4) is 0 Å². The average molecular weight is 325 g/mol. The number of fused-ring (bicyclic) bond motifs is 1. The van der Waals surface area contributed by atoms with Crippen molar-refractivity contribution < 1.29 is 24.2 Å². The molecule has 130 valence electrons. The van der Waals surface area contributed by atoms with Gasteiger partial charge in [-0.1, -0.05) is 12.8 Å². The van der Waals surface area contributed by atoms with E-state index in [0.29, 0.717) is 39.3 Å². The number of carbonyl (C=O) groups excluding carboxylic acids is 1. The number of carbonyl (C=O) groups is 2. The first-order valence-corrected chi connectivity index (χ1v) is 8.64. The maximum absolute atomic E-state index is 13.2. The van der Waals surface area contributed by atoms with Crippen LogP contribution in [0.15, 0.2) is 0 Å². The number of methoxy groups -OCH3 is 1. The van der Waals surface area contributed by atoms with Crippen LogP contribution in [0.4, 0.5) is 0 Å². The molecule has 2 saturated heterocycles. The summed E-state index contributed by atoms with van der Waals surface area (Å²) in [5.74, 6) is -0.723. The quantitative estimate of drug-likeness (QED) is 0.829. The van der Waals surface area contributed by atoms with Gasteiger partial charge in [0.15, 0.2) is 0 Å². The van der Waals surface area contributed by atoms with Gasteiger partial charge in [-0.15, -0.1) is 0 Å². The monoisotopic (exact) mass is 325 g/mol. The van der Waals surface area contributed by atoms with Crippen molar-refractivity contribution in [2.24, 2.45) is 16.7 Å². The third-order valence-electron chi connectivity index (χ3n) is 6.22. The zero-order valence-corrected chi connectivity index (χ0v) is 13.9. The highest BCUT2D eigenvalue weighted by Crippen LogP contribution is 2.47. The summed E-state index contributed by atoms with van der Waals surface area (Å²) in [6.45, 7) is 2.35. The summed E-state index contributed by atoms with van der Waals surface area (Å²) in [6, 6.07) is 0. The van der Waals surface area contributed by atoms with E-state index in [-0.39, 0.29) is 17.2 Å². The number of aliphatic carboxylic acids is 1. The van der Waals surface area contributed by atoms with Crippen molar-refractivity contribution in [3.05, 3.63) is 0 Å². The molecule has 2 aliphatic heterocycles. The predicted molar refractivity (Wildman–Crippen MR) is 83.0 cm³/mol. The van der Waals surface area contributed by atoms with Crippen molar-refractivity contribution in [1.29, 1.82) is 0 Å². The Hall–Kier alpha value is -1.14. The summed E-state index contributed by atoms with van der Waals surface area (Å²) in [6.07, 6.45) is 5.17. The molecule has 6 nitrogen and oxygen atoms in total. The maximum atomic E-state index is 13.2. The second-order valence-corrected chi connectivity index (χ2v) is 7.40. The zero-order valence-electron chi connectivity index (χ0n) is 13.9. The largest absolute Gasteiger partial charge is 0.481 e. The van der Waals surface area contributed by atoms with Gasteiger partial charge >= 0.3 is 5.97 Å². The molecule has 0 unspecified atom stereocenters. The first-order chi connectivity index (χ1) is 11.0. The van der Waals surface area contributed by atoms with Crippen LogP contribution in [0.2, 0.25) is 0 Å². The molecule has 0 bridgehead atoms. The van der Waals surface area contributed by atoms with E-state index in [0.717, 1.165) is 32.1 Å². The second-order valence-electron chi connectivity index (χ2n) is 7.40. The highest BCUT2D eigenvalue weighted by Gasteiger charge is 2.57. The van der Waals surface area contributed by atoms with Crippen LogP contribution in [0.25, 0.3) is 0 Å². The SMILES string of the molecule is COCCC1(C(=O)N2C[C@H]3COCC[C@@]3(C(=O)O)C2)CCCC1. The van der Waals surface area contributed by atoms with E-state index in [1.54, 1.807) is 7.11 Å². The molecule has 1 aliphatic carbocycles. The minimum atomic E-state index is -0.811. The Kier molecular flexibility index (Phi) is 4.65. The Morgan fingerprint density at radius 1 is 1.30 bits per heavy atom. The van der Waals surface area contributed by atoms with Crippen molar-refractivity contribution >= 4 is 11.9 Å². The number of ether oxygens (including phenoxy) is 2. The molecule has 0 aromatic heterocycles. The molecule has 6 heteroatoms. The standard InChI is InChI=1S/C17H27NO5/c1-22-8-6-16(4-2-3-5-16)14(19)18-10-13-11-23-9-7-17(13,12-18)15(20)21/h13H,2-12H2,1H3,(H,20,21)/t13-,17+/m0/s1.